The van der Waals surface area contributed by atoms with Gasteiger partial charge in [0.15, 0.2) is 17.4 Å². The Morgan fingerprint density at radius 3 is 2.05 bits per heavy atom. The molecule has 20 heavy (non-hydrogen) atoms. The Labute approximate surface area is 115 Å². The van der Waals surface area contributed by atoms with E-state index in [-0.39, 0.29) is 6.42 Å². The number of carboxylic acids is 2. The third-order valence-corrected chi connectivity index (χ3v) is 2.79. The maximum Gasteiger partial charge on any atom is 0.318 e. The SMILES string of the molecule is COc1cc(CC(C(=O)O)C(=O)O)c(OC)c(OC)c1. The number of benzene rings is 1. The van der Waals surface area contributed by atoms with Crippen molar-refractivity contribution >= 4 is 11.9 Å². The zero-order valence-electron chi connectivity index (χ0n) is 11.4. The summed E-state index contributed by atoms with van der Waals surface area (Å²) in [6, 6.07) is 3.10. The second-order valence-corrected chi connectivity index (χ2v) is 3.96. The highest BCUT2D eigenvalue weighted by Gasteiger charge is 2.28. The van der Waals surface area contributed by atoms with Gasteiger partial charge in [-0.25, -0.2) is 0 Å². The van der Waals surface area contributed by atoms with E-state index < -0.39 is 17.9 Å². The summed E-state index contributed by atoms with van der Waals surface area (Å²) >= 11 is 0. The zero-order chi connectivity index (χ0) is 15.3. The Bertz CT molecular complexity index is 496. The number of hydrogen-bond donors (Lipinski definition) is 2. The molecule has 0 aliphatic heterocycles. The lowest BCUT2D eigenvalue weighted by Crippen LogP contribution is -2.25. The number of ether oxygens (including phenoxy) is 3. The summed E-state index contributed by atoms with van der Waals surface area (Å²) in [6.07, 6.45) is -0.235. The normalized spacial score (nSPS) is 10.2. The van der Waals surface area contributed by atoms with Crippen molar-refractivity contribution in [2.24, 2.45) is 5.92 Å². The summed E-state index contributed by atoms with van der Waals surface area (Å²) in [7, 11) is 4.26. The summed E-state index contributed by atoms with van der Waals surface area (Å²) in [5.41, 5.74) is 0.388. The molecule has 7 nitrogen and oxygen atoms in total. The molecular weight excluding hydrogens is 268 g/mol. The summed E-state index contributed by atoms with van der Waals surface area (Å²) in [4.78, 5) is 21.9. The third kappa shape index (κ3) is 3.31. The van der Waals surface area contributed by atoms with Crippen molar-refractivity contribution in [1.29, 1.82) is 0 Å². The highest BCUT2D eigenvalue weighted by molar-refractivity contribution is 5.93. The van der Waals surface area contributed by atoms with Crippen LogP contribution in [0.3, 0.4) is 0 Å². The molecule has 0 radical (unpaired) electrons. The minimum Gasteiger partial charge on any atom is -0.497 e. The molecule has 0 heterocycles. The van der Waals surface area contributed by atoms with Crippen LogP contribution in [0.5, 0.6) is 17.2 Å². The van der Waals surface area contributed by atoms with Gasteiger partial charge in [-0.2, -0.15) is 0 Å². The van der Waals surface area contributed by atoms with Crippen LogP contribution in [-0.2, 0) is 16.0 Å². The molecular formula is C13H16O7. The number of carbonyl (C=O) groups is 2. The fourth-order valence-corrected chi connectivity index (χ4v) is 1.78. The highest BCUT2D eigenvalue weighted by Crippen LogP contribution is 2.36. The van der Waals surface area contributed by atoms with Crippen LogP contribution in [0.1, 0.15) is 5.56 Å². The number of carboxylic acid groups (broad SMARTS) is 2. The minimum atomic E-state index is -1.57. The van der Waals surface area contributed by atoms with E-state index in [0.29, 0.717) is 22.8 Å². The van der Waals surface area contributed by atoms with Crippen molar-refractivity contribution in [1.82, 2.24) is 0 Å². The predicted octanol–water partition coefficient (Wildman–Crippen LogP) is 1.04. The van der Waals surface area contributed by atoms with E-state index in [1.807, 2.05) is 0 Å². The quantitative estimate of drug-likeness (QED) is 0.721. The fraction of sp³-hybridized carbons (Fsp3) is 0.385. The molecule has 0 spiro atoms. The first kappa shape index (κ1) is 15.6. The molecule has 110 valence electrons. The second kappa shape index (κ2) is 6.65. The van der Waals surface area contributed by atoms with E-state index in [0.717, 1.165) is 0 Å². The average Bonchev–Trinajstić information content (AvgIpc) is 2.42. The number of hydrogen-bond acceptors (Lipinski definition) is 5. The van der Waals surface area contributed by atoms with Crippen LogP contribution < -0.4 is 14.2 Å². The van der Waals surface area contributed by atoms with Gasteiger partial charge in [0.25, 0.3) is 0 Å². The second-order valence-electron chi connectivity index (χ2n) is 3.96. The molecule has 0 atom stereocenters. The molecule has 0 amide bonds. The van der Waals surface area contributed by atoms with Gasteiger partial charge < -0.3 is 24.4 Å². The van der Waals surface area contributed by atoms with Crippen molar-refractivity contribution in [2.75, 3.05) is 21.3 Å². The van der Waals surface area contributed by atoms with Crippen LogP contribution in [-0.4, -0.2) is 43.5 Å². The lowest BCUT2D eigenvalue weighted by atomic mass is 9.98. The summed E-state index contributed by atoms with van der Waals surface area (Å²) in [5.74, 6) is -3.34. The molecule has 1 rings (SSSR count). The summed E-state index contributed by atoms with van der Waals surface area (Å²) < 4.78 is 15.4. The molecule has 0 aliphatic rings. The maximum atomic E-state index is 11.0. The van der Waals surface area contributed by atoms with Gasteiger partial charge in [-0.15, -0.1) is 0 Å². The van der Waals surface area contributed by atoms with Crippen LogP contribution in [0.25, 0.3) is 0 Å². The van der Waals surface area contributed by atoms with Crippen molar-refractivity contribution in [2.45, 2.75) is 6.42 Å². The largest absolute Gasteiger partial charge is 0.497 e. The molecule has 0 saturated carbocycles. The molecule has 1 aromatic carbocycles. The van der Waals surface area contributed by atoms with Crippen LogP contribution in [0.2, 0.25) is 0 Å². The van der Waals surface area contributed by atoms with Gasteiger partial charge in [0, 0.05) is 18.1 Å². The van der Waals surface area contributed by atoms with Crippen molar-refractivity contribution < 1.29 is 34.0 Å². The molecule has 0 unspecified atom stereocenters. The van der Waals surface area contributed by atoms with E-state index in [4.69, 9.17) is 24.4 Å². The lowest BCUT2D eigenvalue weighted by Gasteiger charge is -2.16. The Balaban J connectivity index is 3.27. The zero-order valence-corrected chi connectivity index (χ0v) is 11.4. The van der Waals surface area contributed by atoms with E-state index in [9.17, 15) is 9.59 Å². The Morgan fingerprint density at radius 1 is 1.05 bits per heavy atom. The van der Waals surface area contributed by atoms with E-state index in [1.54, 1.807) is 6.07 Å². The number of rotatable bonds is 7. The predicted molar refractivity (Wildman–Crippen MR) is 68.6 cm³/mol. The van der Waals surface area contributed by atoms with E-state index >= 15 is 0 Å². The van der Waals surface area contributed by atoms with Gasteiger partial charge in [-0.05, 0) is 6.07 Å². The summed E-state index contributed by atoms with van der Waals surface area (Å²) in [5, 5.41) is 17.9. The van der Waals surface area contributed by atoms with Gasteiger partial charge in [-0.3, -0.25) is 9.59 Å². The fourth-order valence-electron chi connectivity index (χ4n) is 1.78. The monoisotopic (exact) mass is 284 g/mol. The highest BCUT2D eigenvalue weighted by atomic mass is 16.5. The van der Waals surface area contributed by atoms with Crippen molar-refractivity contribution in [3.8, 4) is 17.2 Å². The number of methoxy groups -OCH3 is 3. The molecule has 2 N–H and O–H groups in total. The Hall–Kier alpha value is -2.44. The maximum absolute atomic E-state index is 11.0. The lowest BCUT2D eigenvalue weighted by molar-refractivity contribution is -0.154. The Kier molecular flexibility index (Phi) is 5.19. The van der Waals surface area contributed by atoms with Crippen LogP contribution >= 0.6 is 0 Å². The molecule has 0 aliphatic carbocycles. The van der Waals surface area contributed by atoms with Crippen LogP contribution in [0, 0.1) is 5.92 Å². The van der Waals surface area contributed by atoms with Crippen LogP contribution in [0.4, 0.5) is 0 Å². The molecule has 0 saturated heterocycles. The summed E-state index contributed by atoms with van der Waals surface area (Å²) in [6.45, 7) is 0. The first-order valence-electron chi connectivity index (χ1n) is 5.69. The molecule has 1 aromatic rings. The smallest absolute Gasteiger partial charge is 0.318 e. The standard InChI is InChI=1S/C13H16O7/c1-18-8-4-7(5-9(12(14)15)13(16)17)11(20-3)10(6-8)19-2/h4,6,9H,5H2,1-3H3,(H,14,15)(H,16,17). The van der Waals surface area contributed by atoms with Gasteiger partial charge in [0.1, 0.15) is 5.75 Å². The molecule has 0 aromatic heterocycles. The van der Waals surface area contributed by atoms with Gasteiger partial charge >= 0.3 is 11.9 Å². The van der Waals surface area contributed by atoms with E-state index in [2.05, 4.69) is 0 Å². The van der Waals surface area contributed by atoms with Crippen LogP contribution in [0.15, 0.2) is 12.1 Å². The first-order valence-corrected chi connectivity index (χ1v) is 5.69. The Morgan fingerprint density at radius 2 is 1.65 bits per heavy atom. The minimum absolute atomic E-state index is 0.235. The average molecular weight is 284 g/mol. The van der Waals surface area contributed by atoms with Gasteiger partial charge in [0.05, 0.1) is 21.3 Å². The molecule has 0 bridgehead atoms. The van der Waals surface area contributed by atoms with Crippen molar-refractivity contribution in [3.05, 3.63) is 17.7 Å². The molecule has 7 heteroatoms. The third-order valence-electron chi connectivity index (χ3n) is 2.79. The van der Waals surface area contributed by atoms with Gasteiger partial charge in [0.2, 0.25) is 0 Å². The number of aliphatic carboxylic acids is 2. The van der Waals surface area contributed by atoms with Crippen molar-refractivity contribution in [3.63, 3.8) is 0 Å². The molecule has 0 fully saturated rings. The first-order chi connectivity index (χ1) is 9.44. The van der Waals surface area contributed by atoms with E-state index in [1.165, 1.54) is 27.4 Å². The van der Waals surface area contributed by atoms with Gasteiger partial charge in [-0.1, -0.05) is 0 Å². The topological polar surface area (TPSA) is 102 Å².